The SMILES string of the molecule is CC(C)C(N)CCN(C)C(=O)c1cccc(S(=O)(=O)NCC2CC2)c1. The first kappa shape index (κ1) is 19.9. The molecule has 1 aromatic carbocycles. The quantitative estimate of drug-likeness (QED) is 0.696. The highest BCUT2D eigenvalue weighted by atomic mass is 32.2. The average molecular weight is 368 g/mol. The lowest BCUT2D eigenvalue weighted by Gasteiger charge is -2.21. The molecular formula is C18H29N3O3S. The van der Waals surface area contributed by atoms with Crippen molar-refractivity contribution >= 4 is 15.9 Å². The van der Waals surface area contributed by atoms with Crippen molar-refractivity contribution in [1.82, 2.24) is 9.62 Å². The highest BCUT2D eigenvalue weighted by Crippen LogP contribution is 2.28. The van der Waals surface area contributed by atoms with Gasteiger partial charge in [0.25, 0.3) is 5.91 Å². The number of nitrogens with one attached hydrogen (secondary N) is 1. The Morgan fingerprint density at radius 3 is 2.64 bits per heavy atom. The molecule has 1 unspecified atom stereocenters. The van der Waals surface area contributed by atoms with Gasteiger partial charge in [-0.15, -0.1) is 0 Å². The molecule has 2 rings (SSSR count). The average Bonchev–Trinajstić information content (AvgIpc) is 3.41. The molecule has 3 N–H and O–H groups in total. The summed E-state index contributed by atoms with van der Waals surface area (Å²) in [6.45, 7) is 5.10. The fraction of sp³-hybridized carbons (Fsp3) is 0.611. The topological polar surface area (TPSA) is 92.5 Å². The Hall–Kier alpha value is -1.44. The van der Waals surface area contributed by atoms with Gasteiger partial charge in [-0.25, -0.2) is 13.1 Å². The number of sulfonamides is 1. The van der Waals surface area contributed by atoms with Crippen molar-refractivity contribution in [2.45, 2.75) is 44.0 Å². The van der Waals surface area contributed by atoms with Gasteiger partial charge in [0.2, 0.25) is 10.0 Å². The highest BCUT2D eigenvalue weighted by Gasteiger charge is 2.25. The number of hydrogen-bond donors (Lipinski definition) is 2. The number of hydrogen-bond acceptors (Lipinski definition) is 4. The molecule has 25 heavy (non-hydrogen) atoms. The Balaban J connectivity index is 2.02. The molecule has 0 aromatic heterocycles. The minimum absolute atomic E-state index is 0.0357. The summed E-state index contributed by atoms with van der Waals surface area (Å²) in [6, 6.07) is 6.23. The molecule has 1 amide bonds. The summed E-state index contributed by atoms with van der Waals surface area (Å²) in [7, 11) is -1.86. The minimum Gasteiger partial charge on any atom is -0.342 e. The molecule has 1 aromatic rings. The van der Waals surface area contributed by atoms with E-state index in [4.69, 9.17) is 5.73 Å². The lowest BCUT2D eigenvalue weighted by Crippen LogP contribution is -2.34. The monoisotopic (exact) mass is 367 g/mol. The van der Waals surface area contributed by atoms with Crippen LogP contribution in [0.5, 0.6) is 0 Å². The summed E-state index contributed by atoms with van der Waals surface area (Å²) in [5, 5.41) is 0. The smallest absolute Gasteiger partial charge is 0.253 e. The zero-order valence-electron chi connectivity index (χ0n) is 15.2. The van der Waals surface area contributed by atoms with Crippen LogP contribution in [0.4, 0.5) is 0 Å². The van der Waals surface area contributed by atoms with E-state index in [-0.39, 0.29) is 16.8 Å². The second-order valence-corrected chi connectivity index (χ2v) is 9.01. The second kappa shape index (κ2) is 8.29. The van der Waals surface area contributed by atoms with E-state index >= 15 is 0 Å². The molecule has 1 aliphatic rings. The Morgan fingerprint density at radius 1 is 1.36 bits per heavy atom. The predicted octanol–water partition coefficient (Wildman–Crippen LogP) is 1.82. The summed E-state index contributed by atoms with van der Waals surface area (Å²) in [4.78, 5) is 14.3. The number of carbonyl (C=O) groups is 1. The minimum atomic E-state index is -3.57. The van der Waals surface area contributed by atoms with Crippen LogP contribution in [0.25, 0.3) is 0 Å². The molecule has 0 saturated heterocycles. The van der Waals surface area contributed by atoms with Crippen molar-refractivity contribution in [2.75, 3.05) is 20.1 Å². The van der Waals surface area contributed by atoms with E-state index < -0.39 is 10.0 Å². The van der Waals surface area contributed by atoms with Crippen molar-refractivity contribution in [3.05, 3.63) is 29.8 Å². The summed E-state index contributed by atoms with van der Waals surface area (Å²) in [5.41, 5.74) is 6.39. The van der Waals surface area contributed by atoms with E-state index in [1.807, 2.05) is 0 Å². The summed E-state index contributed by atoms with van der Waals surface area (Å²) >= 11 is 0. The highest BCUT2D eigenvalue weighted by molar-refractivity contribution is 7.89. The number of nitrogens with zero attached hydrogens (tertiary/aromatic N) is 1. The summed E-state index contributed by atoms with van der Waals surface area (Å²) in [6.07, 6.45) is 2.86. The van der Waals surface area contributed by atoms with Crippen molar-refractivity contribution in [1.29, 1.82) is 0 Å². The van der Waals surface area contributed by atoms with Gasteiger partial charge in [0.1, 0.15) is 0 Å². The van der Waals surface area contributed by atoms with Gasteiger partial charge >= 0.3 is 0 Å². The van der Waals surface area contributed by atoms with Crippen LogP contribution in [0.1, 0.15) is 43.5 Å². The van der Waals surface area contributed by atoms with Gasteiger partial charge in [0.15, 0.2) is 0 Å². The van der Waals surface area contributed by atoms with Crippen LogP contribution >= 0.6 is 0 Å². The van der Waals surface area contributed by atoms with Crippen molar-refractivity contribution < 1.29 is 13.2 Å². The molecule has 1 saturated carbocycles. The summed E-state index contributed by atoms with van der Waals surface area (Å²) < 4.78 is 27.3. The molecule has 0 aliphatic heterocycles. The van der Waals surface area contributed by atoms with E-state index in [0.717, 1.165) is 12.8 Å². The molecule has 6 nitrogen and oxygen atoms in total. The van der Waals surface area contributed by atoms with Crippen molar-refractivity contribution in [3.8, 4) is 0 Å². The van der Waals surface area contributed by atoms with Crippen molar-refractivity contribution in [3.63, 3.8) is 0 Å². The molecule has 0 spiro atoms. The van der Waals surface area contributed by atoms with Crippen LogP contribution in [0.15, 0.2) is 29.2 Å². The zero-order valence-corrected chi connectivity index (χ0v) is 16.1. The van der Waals surface area contributed by atoms with E-state index in [1.54, 1.807) is 24.1 Å². The van der Waals surface area contributed by atoms with Crippen LogP contribution in [0, 0.1) is 11.8 Å². The maximum Gasteiger partial charge on any atom is 0.253 e. The molecule has 0 bridgehead atoms. The Bertz CT molecular complexity index is 699. The van der Waals surface area contributed by atoms with Gasteiger partial charge in [-0.2, -0.15) is 0 Å². The van der Waals surface area contributed by atoms with Gasteiger partial charge in [0.05, 0.1) is 4.90 Å². The van der Waals surface area contributed by atoms with E-state index in [0.29, 0.717) is 36.9 Å². The Kier molecular flexibility index (Phi) is 6.59. The molecule has 1 atom stereocenters. The lowest BCUT2D eigenvalue weighted by molar-refractivity contribution is 0.0789. The molecule has 1 aliphatic carbocycles. The van der Waals surface area contributed by atoms with Crippen LogP contribution < -0.4 is 10.5 Å². The maximum atomic E-state index is 12.6. The third kappa shape index (κ3) is 5.80. The fourth-order valence-electron chi connectivity index (χ4n) is 2.43. The van der Waals surface area contributed by atoms with Gasteiger partial charge < -0.3 is 10.6 Å². The van der Waals surface area contributed by atoms with Crippen LogP contribution in [0.3, 0.4) is 0 Å². The van der Waals surface area contributed by atoms with E-state index in [1.165, 1.54) is 12.1 Å². The number of nitrogens with two attached hydrogens (primary N) is 1. The Morgan fingerprint density at radius 2 is 2.04 bits per heavy atom. The first-order valence-corrected chi connectivity index (χ1v) is 10.3. The van der Waals surface area contributed by atoms with Gasteiger partial charge in [0, 0.05) is 31.7 Å². The van der Waals surface area contributed by atoms with Crippen molar-refractivity contribution in [2.24, 2.45) is 17.6 Å². The number of rotatable bonds is 9. The molecule has 0 heterocycles. The Labute approximate surface area is 150 Å². The van der Waals surface area contributed by atoms with Gasteiger partial charge in [-0.1, -0.05) is 19.9 Å². The fourth-order valence-corrected chi connectivity index (χ4v) is 3.59. The van der Waals surface area contributed by atoms with E-state index in [9.17, 15) is 13.2 Å². The number of amides is 1. The standard InChI is InChI=1S/C18H29N3O3S/c1-13(2)17(19)9-10-21(3)18(22)15-5-4-6-16(11-15)25(23,24)20-12-14-7-8-14/h4-6,11,13-14,17,20H,7-10,12,19H2,1-3H3. The zero-order chi connectivity index (χ0) is 18.6. The molecule has 140 valence electrons. The lowest BCUT2D eigenvalue weighted by atomic mass is 10.0. The van der Waals surface area contributed by atoms with Gasteiger partial charge in [-0.3, -0.25) is 4.79 Å². The molecule has 7 heteroatoms. The maximum absolute atomic E-state index is 12.6. The third-order valence-electron chi connectivity index (χ3n) is 4.65. The van der Waals surface area contributed by atoms with Crippen LogP contribution in [-0.2, 0) is 10.0 Å². The third-order valence-corrected chi connectivity index (χ3v) is 6.07. The van der Waals surface area contributed by atoms with Crippen LogP contribution in [0.2, 0.25) is 0 Å². The van der Waals surface area contributed by atoms with E-state index in [2.05, 4.69) is 18.6 Å². The largest absolute Gasteiger partial charge is 0.342 e. The number of benzene rings is 1. The van der Waals surface area contributed by atoms with Gasteiger partial charge in [-0.05, 0) is 49.3 Å². The number of carbonyl (C=O) groups excluding carboxylic acids is 1. The van der Waals surface area contributed by atoms with Crippen LogP contribution in [-0.4, -0.2) is 45.4 Å². The molecule has 0 radical (unpaired) electrons. The second-order valence-electron chi connectivity index (χ2n) is 7.25. The predicted molar refractivity (Wildman–Crippen MR) is 98.7 cm³/mol. The molecule has 1 fully saturated rings. The molecular weight excluding hydrogens is 338 g/mol. The first-order valence-electron chi connectivity index (χ1n) is 8.81. The first-order chi connectivity index (χ1) is 11.7. The normalized spacial score (nSPS) is 16.0. The summed E-state index contributed by atoms with van der Waals surface area (Å²) in [5.74, 6) is 0.612.